The highest BCUT2D eigenvalue weighted by molar-refractivity contribution is 6.05. The molecule has 144 valence electrons. The molecule has 6 heteroatoms. The number of likely N-dealkylation sites (tertiary alicyclic amines) is 1. The normalized spacial score (nSPS) is 17.7. The monoisotopic (exact) mass is 375 g/mol. The molecule has 2 fully saturated rings. The van der Waals surface area contributed by atoms with E-state index in [-0.39, 0.29) is 11.9 Å². The molecule has 1 aliphatic carbocycles. The van der Waals surface area contributed by atoms with Crippen LogP contribution in [0.3, 0.4) is 0 Å². The van der Waals surface area contributed by atoms with Crippen molar-refractivity contribution >= 4 is 16.8 Å². The second-order valence-electron chi connectivity index (χ2n) is 8.00. The number of aromatic nitrogens is 3. The van der Waals surface area contributed by atoms with E-state index in [1.165, 1.54) is 37.9 Å². The minimum Gasteiger partial charge on any atom is -0.348 e. The Morgan fingerprint density at radius 3 is 2.75 bits per heavy atom. The fourth-order valence-corrected chi connectivity index (χ4v) is 4.22. The van der Waals surface area contributed by atoms with Gasteiger partial charge in [-0.15, -0.1) is 0 Å². The molecule has 1 amide bonds. The molecule has 28 heavy (non-hydrogen) atoms. The average Bonchev–Trinajstić information content (AvgIpc) is 3.34. The number of hydrogen-bond donors (Lipinski definition) is 2. The molecule has 0 atom stereocenters. The highest BCUT2D eigenvalue weighted by atomic mass is 16.2. The van der Waals surface area contributed by atoms with Crippen molar-refractivity contribution in [3.05, 3.63) is 47.9 Å². The van der Waals surface area contributed by atoms with Gasteiger partial charge < -0.3 is 5.32 Å². The molecule has 0 radical (unpaired) electrons. The molecule has 0 unspecified atom stereocenters. The summed E-state index contributed by atoms with van der Waals surface area (Å²) in [6.07, 6.45) is 9.63. The number of amides is 1. The summed E-state index contributed by atoms with van der Waals surface area (Å²) < 4.78 is 0. The van der Waals surface area contributed by atoms with Crippen LogP contribution < -0.4 is 5.32 Å². The number of rotatable bonds is 5. The van der Waals surface area contributed by atoms with E-state index in [0.717, 1.165) is 41.4 Å². The van der Waals surface area contributed by atoms with E-state index < -0.39 is 0 Å². The molecule has 0 bridgehead atoms. The zero-order chi connectivity index (χ0) is 18.9. The van der Waals surface area contributed by atoms with Gasteiger partial charge in [0.2, 0.25) is 0 Å². The first-order valence-electron chi connectivity index (χ1n) is 10.2. The van der Waals surface area contributed by atoms with Gasteiger partial charge in [0.05, 0.1) is 5.52 Å². The molecule has 2 aromatic heterocycles. The van der Waals surface area contributed by atoms with E-state index in [2.05, 4.69) is 37.5 Å². The van der Waals surface area contributed by atoms with Gasteiger partial charge >= 0.3 is 0 Å². The number of aromatic amines is 1. The zero-order valence-corrected chi connectivity index (χ0v) is 15.9. The van der Waals surface area contributed by atoms with Gasteiger partial charge in [-0.1, -0.05) is 18.9 Å². The number of nitrogens with zero attached hydrogens (tertiary/aromatic N) is 3. The number of fused-ring (bicyclic) bond motifs is 1. The number of nitrogens with one attached hydrogen (secondary N) is 2. The maximum atomic E-state index is 12.7. The standard InChI is InChI=1S/C22H25N5O/c28-22(24-18-4-1-2-5-18)21-19-11-16(6-7-20(19)25-26-21)17-10-15(12-23-13-17)14-27-8-3-9-27/h6-7,10-13,18H,1-5,8-9,14H2,(H,24,28)(H,25,26). The Morgan fingerprint density at radius 1 is 1.11 bits per heavy atom. The van der Waals surface area contributed by atoms with Crippen molar-refractivity contribution in [2.75, 3.05) is 13.1 Å². The number of pyridine rings is 1. The summed E-state index contributed by atoms with van der Waals surface area (Å²) in [6.45, 7) is 3.29. The van der Waals surface area contributed by atoms with E-state index in [4.69, 9.17) is 0 Å². The van der Waals surface area contributed by atoms with Crippen LogP contribution in [0.5, 0.6) is 0 Å². The van der Waals surface area contributed by atoms with E-state index >= 15 is 0 Å². The maximum absolute atomic E-state index is 12.7. The topological polar surface area (TPSA) is 73.9 Å². The lowest BCUT2D eigenvalue weighted by Gasteiger charge is -2.30. The Hall–Kier alpha value is -2.73. The number of carbonyl (C=O) groups is 1. The van der Waals surface area contributed by atoms with Crippen LogP contribution in [0.4, 0.5) is 0 Å². The van der Waals surface area contributed by atoms with Crippen molar-refractivity contribution in [3.8, 4) is 11.1 Å². The second kappa shape index (κ2) is 7.36. The highest BCUT2D eigenvalue weighted by Crippen LogP contribution is 2.27. The predicted octanol–water partition coefficient (Wildman–Crippen LogP) is 3.50. The number of H-pyrrole nitrogens is 1. The average molecular weight is 375 g/mol. The van der Waals surface area contributed by atoms with Crippen molar-refractivity contribution in [1.82, 2.24) is 25.4 Å². The Morgan fingerprint density at radius 2 is 1.96 bits per heavy atom. The van der Waals surface area contributed by atoms with Crippen LogP contribution in [0, 0.1) is 0 Å². The van der Waals surface area contributed by atoms with Crippen LogP contribution in [0.25, 0.3) is 22.0 Å². The molecular weight excluding hydrogens is 350 g/mol. The van der Waals surface area contributed by atoms with E-state index in [1.54, 1.807) is 0 Å². The predicted molar refractivity (Wildman–Crippen MR) is 109 cm³/mol. The third-order valence-corrected chi connectivity index (χ3v) is 5.95. The van der Waals surface area contributed by atoms with Crippen LogP contribution in [0.1, 0.15) is 48.2 Å². The third kappa shape index (κ3) is 3.40. The minimum absolute atomic E-state index is 0.0834. The number of benzene rings is 1. The molecule has 1 aromatic carbocycles. The van der Waals surface area contributed by atoms with Gasteiger partial charge in [0, 0.05) is 35.9 Å². The van der Waals surface area contributed by atoms with Gasteiger partial charge in [-0.2, -0.15) is 5.10 Å². The van der Waals surface area contributed by atoms with Gasteiger partial charge in [0.15, 0.2) is 5.69 Å². The third-order valence-electron chi connectivity index (χ3n) is 5.95. The molecule has 0 spiro atoms. The molecule has 1 saturated heterocycles. The van der Waals surface area contributed by atoms with Gasteiger partial charge in [-0.05, 0) is 61.7 Å². The lowest BCUT2D eigenvalue weighted by atomic mass is 10.0. The number of carbonyl (C=O) groups excluding carboxylic acids is 1. The van der Waals surface area contributed by atoms with Crippen LogP contribution in [-0.2, 0) is 6.54 Å². The fourth-order valence-electron chi connectivity index (χ4n) is 4.22. The first-order chi connectivity index (χ1) is 13.8. The van der Waals surface area contributed by atoms with Gasteiger partial charge in [-0.3, -0.25) is 19.8 Å². The van der Waals surface area contributed by atoms with Crippen molar-refractivity contribution in [2.45, 2.75) is 44.7 Å². The Kier molecular flexibility index (Phi) is 4.56. The summed E-state index contributed by atoms with van der Waals surface area (Å²) in [6, 6.07) is 8.58. The van der Waals surface area contributed by atoms with E-state index in [0.29, 0.717) is 5.69 Å². The van der Waals surface area contributed by atoms with Crippen LogP contribution in [-0.4, -0.2) is 45.1 Å². The Balaban J connectivity index is 1.42. The lowest BCUT2D eigenvalue weighted by Crippen LogP contribution is -2.36. The smallest absolute Gasteiger partial charge is 0.272 e. The summed E-state index contributed by atoms with van der Waals surface area (Å²) in [5.41, 5.74) is 4.71. The van der Waals surface area contributed by atoms with Gasteiger partial charge in [0.25, 0.3) is 5.91 Å². The molecule has 5 rings (SSSR count). The first-order valence-corrected chi connectivity index (χ1v) is 10.2. The maximum Gasteiger partial charge on any atom is 0.272 e. The van der Waals surface area contributed by atoms with Crippen LogP contribution >= 0.6 is 0 Å². The van der Waals surface area contributed by atoms with Crippen LogP contribution in [0.15, 0.2) is 36.7 Å². The molecule has 6 nitrogen and oxygen atoms in total. The molecule has 3 aromatic rings. The quantitative estimate of drug-likeness (QED) is 0.716. The molecule has 3 heterocycles. The summed E-state index contributed by atoms with van der Waals surface area (Å²) in [4.78, 5) is 19.6. The Bertz CT molecular complexity index is 1000. The SMILES string of the molecule is O=C(NC1CCCC1)c1n[nH]c2ccc(-c3cncc(CN4CCC4)c3)cc12. The summed E-state index contributed by atoms with van der Waals surface area (Å²) in [7, 11) is 0. The van der Waals surface area contributed by atoms with Crippen LogP contribution in [0.2, 0.25) is 0 Å². The van der Waals surface area contributed by atoms with E-state index in [9.17, 15) is 4.79 Å². The van der Waals surface area contributed by atoms with E-state index in [1.807, 2.05) is 24.5 Å². The zero-order valence-electron chi connectivity index (χ0n) is 15.9. The van der Waals surface area contributed by atoms with Crippen molar-refractivity contribution in [3.63, 3.8) is 0 Å². The van der Waals surface area contributed by atoms with Crippen molar-refractivity contribution in [2.24, 2.45) is 0 Å². The summed E-state index contributed by atoms with van der Waals surface area (Å²) in [5, 5.41) is 11.3. The molecule has 1 aliphatic heterocycles. The molecule has 1 saturated carbocycles. The minimum atomic E-state index is -0.0834. The van der Waals surface area contributed by atoms with Gasteiger partial charge in [-0.25, -0.2) is 0 Å². The first kappa shape index (κ1) is 17.4. The highest BCUT2D eigenvalue weighted by Gasteiger charge is 2.21. The molecule has 2 aliphatic rings. The summed E-state index contributed by atoms with van der Waals surface area (Å²) >= 11 is 0. The second-order valence-corrected chi connectivity index (χ2v) is 8.00. The van der Waals surface area contributed by atoms with Crippen molar-refractivity contribution in [1.29, 1.82) is 0 Å². The lowest BCUT2D eigenvalue weighted by molar-refractivity contribution is 0.0934. The number of hydrogen-bond acceptors (Lipinski definition) is 4. The van der Waals surface area contributed by atoms with Gasteiger partial charge in [0.1, 0.15) is 0 Å². The molecule has 2 N–H and O–H groups in total. The fraction of sp³-hybridized carbons (Fsp3) is 0.409. The molecular formula is C22H25N5O. The van der Waals surface area contributed by atoms with Crippen molar-refractivity contribution < 1.29 is 4.79 Å². The largest absolute Gasteiger partial charge is 0.348 e. The summed E-state index contributed by atoms with van der Waals surface area (Å²) in [5.74, 6) is -0.0834. The Labute approximate surface area is 164 Å².